The molecular weight excluding hydrogens is 476 g/mol. The summed E-state index contributed by atoms with van der Waals surface area (Å²) in [6.07, 6.45) is 2.26. The van der Waals surface area contributed by atoms with Crippen LogP contribution in [0.15, 0.2) is 29.4 Å². The van der Waals surface area contributed by atoms with E-state index in [0.717, 1.165) is 41.0 Å². The molecule has 0 bridgehead atoms. The minimum absolute atomic E-state index is 0.270. The molecule has 1 aliphatic carbocycles. The van der Waals surface area contributed by atoms with Gasteiger partial charge in [-0.25, -0.2) is 4.98 Å². The van der Waals surface area contributed by atoms with Crippen LogP contribution in [0, 0.1) is 0 Å². The van der Waals surface area contributed by atoms with Crippen LogP contribution < -0.4 is 10.6 Å². The van der Waals surface area contributed by atoms with Gasteiger partial charge in [0.1, 0.15) is 5.69 Å². The van der Waals surface area contributed by atoms with Crippen LogP contribution in [0.25, 0.3) is 10.9 Å². The third kappa shape index (κ3) is 4.66. The Hall–Kier alpha value is -2.95. The predicted octanol–water partition coefficient (Wildman–Crippen LogP) is 3.18. The van der Waals surface area contributed by atoms with Crippen molar-refractivity contribution in [3.63, 3.8) is 0 Å². The normalized spacial score (nSPS) is 22.0. The van der Waals surface area contributed by atoms with E-state index in [9.17, 15) is 14.8 Å². The summed E-state index contributed by atoms with van der Waals surface area (Å²) in [7, 11) is 2.05. The lowest BCUT2D eigenvalue weighted by atomic mass is 9.88. The van der Waals surface area contributed by atoms with E-state index in [2.05, 4.69) is 37.7 Å². The van der Waals surface area contributed by atoms with E-state index in [4.69, 9.17) is 11.6 Å². The van der Waals surface area contributed by atoms with E-state index in [1.54, 1.807) is 18.2 Å². The fraction of sp³-hybridized carbons (Fsp3) is 0.391. The highest BCUT2D eigenvalue weighted by atomic mass is 35.5. The minimum Gasteiger partial charge on any atom is -0.411 e. The van der Waals surface area contributed by atoms with Crippen LogP contribution in [0.1, 0.15) is 50.1 Å². The number of halogens is 1. The molecule has 34 heavy (non-hydrogen) atoms. The van der Waals surface area contributed by atoms with Gasteiger partial charge in [0.2, 0.25) is 0 Å². The number of rotatable bonds is 4. The average molecular weight is 501 g/mol. The number of aromatic amines is 1. The SMILES string of the molecule is CN1CCc2nc(C(=O)N[C@@H]3CC(=NO)CC[C@@H]3NC(=O)c3cc4cc(Cl)ccc4[nH]3)sc2C1. The summed E-state index contributed by atoms with van der Waals surface area (Å²) in [4.78, 5) is 37.0. The van der Waals surface area contributed by atoms with Crippen LogP contribution in [-0.2, 0) is 13.0 Å². The van der Waals surface area contributed by atoms with Crippen molar-refractivity contribution in [2.24, 2.45) is 5.16 Å². The molecule has 3 heterocycles. The molecule has 0 radical (unpaired) electrons. The fourth-order valence-corrected chi connectivity index (χ4v) is 5.83. The van der Waals surface area contributed by atoms with Gasteiger partial charge in [-0.05, 0) is 44.2 Å². The zero-order valence-corrected chi connectivity index (χ0v) is 20.2. The van der Waals surface area contributed by atoms with Crippen LogP contribution in [0.4, 0.5) is 0 Å². The van der Waals surface area contributed by atoms with Gasteiger partial charge < -0.3 is 25.7 Å². The Labute approximate surface area is 205 Å². The summed E-state index contributed by atoms with van der Waals surface area (Å²) >= 11 is 7.47. The summed E-state index contributed by atoms with van der Waals surface area (Å²) < 4.78 is 0. The largest absolute Gasteiger partial charge is 0.411 e. The van der Waals surface area contributed by atoms with Crippen molar-refractivity contribution in [3.05, 3.63) is 50.6 Å². The second-order valence-electron chi connectivity index (χ2n) is 8.86. The van der Waals surface area contributed by atoms with Gasteiger partial charge in [-0.15, -0.1) is 11.3 Å². The lowest BCUT2D eigenvalue weighted by Gasteiger charge is -2.32. The monoisotopic (exact) mass is 500 g/mol. The van der Waals surface area contributed by atoms with Gasteiger partial charge in [-0.1, -0.05) is 16.8 Å². The van der Waals surface area contributed by atoms with Crippen molar-refractivity contribution >= 4 is 51.4 Å². The number of hydrogen-bond donors (Lipinski definition) is 4. The van der Waals surface area contributed by atoms with Crippen LogP contribution in [0.5, 0.6) is 0 Å². The van der Waals surface area contributed by atoms with Gasteiger partial charge in [-0.2, -0.15) is 0 Å². The van der Waals surface area contributed by atoms with E-state index < -0.39 is 6.04 Å². The lowest BCUT2D eigenvalue weighted by molar-refractivity contribution is 0.0874. The zero-order valence-electron chi connectivity index (χ0n) is 18.6. The first-order chi connectivity index (χ1) is 16.4. The molecule has 0 saturated heterocycles. The van der Waals surface area contributed by atoms with E-state index in [0.29, 0.717) is 40.7 Å². The highest BCUT2D eigenvalue weighted by molar-refractivity contribution is 7.13. The van der Waals surface area contributed by atoms with Gasteiger partial charge in [0, 0.05) is 46.7 Å². The maximum Gasteiger partial charge on any atom is 0.280 e. The van der Waals surface area contributed by atoms with Crippen molar-refractivity contribution in [2.75, 3.05) is 13.6 Å². The molecule has 2 atom stereocenters. The Morgan fingerprint density at radius 3 is 2.88 bits per heavy atom. The van der Waals surface area contributed by atoms with Crippen molar-refractivity contribution in [1.82, 2.24) is 25.5 Å². The second-order valence-corrected chi connectivity index (χ2v) is 10.4. The Morgan fingerprint density at radius 1 is 1.24 bits per heavy atom. The maximum atomic E-state index is 13.0. The van der Waals surface area contributed by atoms with Crippen molar-refractivity contribution < 1.29 is 14.8 Å². The Morgan fingerprint density at radius 2 is 2.06 bits per heavy atom. The molecule has 2 aromatic heterocycles. The molecule has 1 aliphatic heterocycles. The van der Waals surface area contributed by atoms with Crippen LogP contribution in [0.3, 0.4) is 0 Å². The Balaban J connectivity index is 1.31. The highest BCUT2D eigenvalue weighted by Gasteiger charge is 2.33. The quantitative estimate of drug-likeness (QED) is 0.323. The van der Waals surface area contributed by atoms with Gasteiger partial charge in [-0.3, -0.25) is 9.59 Å². The Kier molecular flexibility index (Phi) is 6.28. The highest BCUT2D eigenvalue weighted by Crippen LogP contribution is 2.26. The van der Waals surface area contributed by atoms with Crippen LogP contribution in [-0.4, -0.2) is 63.3 Å². The number of oxime groups is 1. The maximum absolute atomic E-state index is 13.0. The summed E-state index contributed by atoms with van der Waals surface area (Å²) in [5, 5.41) is 20.6. The number of carbonyl (C=O) groups is 2. The number of thiazole rings is 1. The number of amides is 2. The number of nitrogens with one attached hydrogen (secondary N) is 3. The standard InChI is InChI=1S/C23H25ClN6O3S/c1-30-7-6-17-20(11-30)34-23(28-17)22(32)27-18-10-14(29-33)3-5-16(18)26-21(31)19-9-12-8-13(24)2-4-15(12)25-19/h2,4,8-9,16,18,25,33H,3,5-7,10-11H2,1H3,(H,26,31)(H,27,32)/t16-,18+/m0/s1. The molecule has 1 fully saturated rings. The first-order valence-electron chi connectivity index (χ1n) is 11.2. The molecule has 0 unspecified atom stereocenters. The lowest BCUT2D eigenvalue weighted by Crippen LogP contribution is -2.54. The second kappa shape index (κ2) is 9.36. The van der Waals surface area contributed by atoms with E-state index in [1.807, 2.05) is 6.07 Å². The third-order valence-electron chi connectivity index (χ3n) is 6.40. The van der Waals surface area contributed by atoms with Gasteiger partial charge >= 0.3 is 0 Å². The number of fused-ring (bicyclic) bond motifs is 2. The number of carbonyl (C=O) groups excluding carboxylic acids is 2. The van der Waals surface area contributed by atoms with Crippen molar-refractivity contribution in [2.45, 2.75) is 44.3 Å². The van der Waals surface area contributed by atoms with Crippen molar-refractivity contribution in [1.29, 1.82) is 0 Å². The first kappa shape index (κ1) is 22.8. The van der Waals surface area contributed by atoms with E-state index >= 15 is 0 Å². The molecule has 0 spiro atoms. The number of H-pyrrole nitrogens is 1. The van der Waals surface area contributed by atoms with Gasteiger partial charge in [0.25, 0.3) is 11.8 Å². The molecule has 11 heteroatoms. The smallest absolute Gasteiger partial charge is 0.280 e. The van der Waals surface area contributed by atoms with E-state index in [1.165, 1.54) is 11.3 Å². The molecule has 5 rings (SSSR count). The van der Waals surface area contributed by atoms with Crippen LogP contribution >= 0.6 is 22.9 Å². The molecule has 4 N–H and O–H groups in total. The summed E-state index contributed by atoms with van der Waals surface area (Å²) in [5.74, 6) is -0.542. The summed E-state index contributed by atoms with van der Waals surface area (Å²) in [5.41, 5.74) is 2.81. The summed E-state index contributed by atoms with van der Waals surface area (Å²) in [6.45, 7) is 1.71. The molecule has 3 aromatic rings. The van der Waals surface area contributed by atoms with E-state index in [-0.39, 0.29) is 17.9 Å². The third-order valence-corrected chi connectivity index (χ3v) is 7.72. The van der Waals surface area contributed by atoms with Crippen LogP contribution in [0.2, 0.25) is 5.02 Å². The van der Waals surface area contributed by atoms with Gasteiger partial charge in [0.15, 0.2) is 5.01 Å². The molecule has 2 amide bonds. The number of benzene rings is 1. The molecular formula is C23H25ClN6O3S. The topological polar surface area (TPSA) is 123 Å². The average Bonchev–Trinajstić information content (AvgIpc) is 3.43. The predicted molar refractivity (Wildman–Crippen MR) is 131 cm³/mol. The Bertz CT molecular complexity index is 1280. The zero-order chi connectivity index (χ0) is 23.8. The number of likely N-dealkylation sites (N-methyl/N-ethyl adjacent to an activating group) is 1. The minimum atomic E-state index is -0.418. The molecule has 178 valence electrons. The number of aromatic nitrogens is 2. The summed E-state index contributed by atoms with van der Waals surface area (Å²) in [6, 6.07) is 6.40. The number of hydrogen-bond acceptors (Lipinski definition) is 7. The molecule has 2 aliphatic rings. The number of nitrogens with zero attached hydrogens (tertiary/aromatic N) is 3. The molecule has 1 saturated carbocycles. The first-order valence-corrected chi connectivity index (χ1v) is 12.4. The molecule has 1 aromatic carbocycles. The van der Waals surface area contributed by atoms with Crippen molar-refractivity contribution in [3.8, 4) is 0 Å². The fourth-order valence-electron chi connectivity index (χ4n) is 4.56. The molecule has 9 nitrogen and oxygen atoms in total. The van der Waals surface area contributed by atoms with Gasteiger partial charge in [0.05, 0.1) is 23.5 Å².